The molecule has 0 saturated carbocycles. The minimum Gasteiger partial charge on any atom is -0.288 e. The van der Waals surface area contributed by atoms with Gasteiger partial charge in [-0.15, -0.1) is 22.7 Å². The van der Waals surface area contributed by atoms with E-state index in [1.54, 1.807) is 21.8 Å². The molecule has 0 radical (unpaired) electrons. The van der Waals surface area contributed by atoms with E-state index in [0.717, 1.165) is 41.3 Å². The van der Waals surface area contributed by atoms with Gasteiger partial charge in [-0.3, -0.25) is 14.1 Å². The number of fused-ring (bicyclic) bond motifs is 2. The Bertz CT molecular complexity index is 1130. The van der Waals surface area contributed by atoms with Gasteiger partial charge in [0.1, 0.15) is 5.01 Å². The van der Waals surface area contributed by atoms with Crippen molar-refractivity contribution in [3.63, 3.8) is 0 Å². The van der Waals surface area contributed by atoms with E-state index in [0.29, 0.717) is 12.6 Å². The highest BCUT2D eigenvalue weighted by molar-refractivity contribution is 7.18. The number of nitrogens with zero attached hydrogens (tertiary/aromatic N) is 4. The number of benzene rings is 1. The number of para-hydroxylation sites is 1. The summed E-state index contributed by atoms with van der Waals surface area (Å²) in [6.45, 7) is 3.66. The van der Waals surface area contributed by atoms with Crippen molar-refractivity contribution in [2.75, 3.05) is 6.54 Å². The number of likely N-dealkylation sites (tertiary alicyclic amines) is 1. The fourth-order valence-corrected chi connectivity index (χ4v) is 5.75. The first-order valence-electron chi connectivity index (χ1n) is 8.75. The lowest BCUT2D eigenvalue weighted by molar-refractivity contribution is 0.245. The van der Waals surface area contributed by atoms with Crippen LogP contribution in [0, 0.1) is 6.92 Å². The molecule has 0 bridgehead atoms. The van der Waals surface area contributed by atoms with Crippen LogP contribution >= 0.6 is 22.7 Å². The molecule has 132 valence electrons. The molecule has 0 aliphatic carbocycles. The largest absolute Gasteiger partial charge is 0.288 e. The van der Waals surface area contributed by atoms with Gasteiger partial charge in [0.2, 0.25) is 0 Å². The van der Waals surface area contributed by atoms with E-state index in [1.807, 2.05) is 18.4 Å². The van der Waals surface area contributed by atoms with Gasteiger partial charge < -0.3 is 0 Å². The first kappa shape index (κ1) is 16.1. The summed E-state index contributed by atoms with van der Waals surface area (Å²) in [4.78, 5) is 25.2. The monoisotopic (exact) mass is 382 g/mol. The van der Waals surface area contributed by atoms with E-state index >= 15 is 0 Å². The zero-order chi connectivity index (χ0) is 17.7. The second-order valence-electron chi connectivity index (χ2n) is 6.73. The quantitative estimate of drug-likeness (QED) is 0.537. The Morgan fingerprint density at radius 3 is 3.04 bits per heavy atom. The second kappa shape index (κ2) is 6.26. The zero-order valence-corrected chi connectivity index (χ0v) is 16.0. The standard InChI is InChI=1S/C19H18N4OS2/c1-12-11-25-19-20-13(9-17(24)23(12)19)10-22-8-4-6-15(22)18-21-14-5-2-3-7-16(14)26-18/h2-3,5,7,9,11,15H,4,6,8,10H2,1H3/t15-/m0/s1. The van der Waals surface area contributed by atoms with Gasteiger partial charge in [-0.25, -0.2) is 9.97 Å². The van der Waals surface area contributed by atoms with E-state index < -0.39 is 0 Å². The molecule has 4 aromatic rings. The highest BCUT2D eigenvalue weighted by Crippen LogP contribution is 2.37. The summed E-state index contributed by atoms with van der Waals surface area (Å²) in [5.41, 5.74) is 2.89. The van der Waals surface area contributed by atoms with Gasteiger partial charge >= 0.3 is 0 Å². The SMILES string of the molecule is Cc1csc2nc(CN3CCC[C@H]3c3nc4ccccc4s3)cc(=O)n12. The van der Waals surface area contributed by atoms with Crippen molar-refractivity contribution in [3.05, 3.63) is 62.5 Å². The zero-order valence-electron chi connectivity index (χ0n) is 14.4. The van der Waals surface area contributed by atoms with E-state index in [9.17, 15) is 4.79 Å². The maximum atomic E-state index is 12.4. The Balaban J connectivity index is 1.46. The maximum absolute atomic E-state index is 12.4. The Morgan fingerprint density at radius 1 is 1.27 bits per heavy atom. The van der Waals surface area contributed by atoms with Gasteiger partial charge in [-0.1, -0.05) is 12.1 Å². The van der Waals surface area contributed by atoms with Gasteiger partial charge in [0.05, 0.1) is 22.0 Å². The molecule has 3 aromatic heterocycles. The topological polar surface area (TPSA) is 50.5 Å². The summed E-state index contributed by atoms with van der Waals surface area (Å²) < 4.78 is 2.92. The molecule has 1 atom stereocenters. The molecule has 0 N–H and O–H groups in total. The molecular weight excluding hydrogens is 364 g/mol. The van der Waals surface area contributed by atoms with Crippen LogP contribution in [0.25, 0.3) is 15.2 Å². The van der Waals surface area contributed by atoms with Crippen molar-refractivity contribution >= 4 is 37.9 Å². The van der Waals surface area contributed by atoms with Gasteiger partial charge in [0, 0.05) is 23.7 Å². The molecule has 0 amide bonds. The van der Waals surface area contributed by atoms with Crippen molar-refractivity contribution in [2.45, 2.75) is 32.4 Å². The van der Waals surface area contributed by atoms with Crippen LogP contribution in [-0.2, 0) is 6.54 Å². The first-order valence-corrected chi connectivity index (χ1v) is 10.4. The number of hydrogen-bond donors (Lipinski definition) is 0. The molecule has 1 fully saturated rings. The number of aromatic nitrogens is 3. The number of hydrogen-bond acceptors (Lipinski definition) is 6. The molecular formula is C19H18N4OS2. The van der Waals surface area contributed by atoms with Gasteiger partial charge in [-0.05, 0) is 38.4 Å². The molecule has 1 aliphatic heterocycles. The van der Waals surface area contributed by atoms with Crippen molar-refractivity contribution in [1.82, 2.24) is 19.3 Å². The van der Waals surface area contributed by atoms with Crippen molar-refractivity contribution in [2.24, 2.45) is 0 Å². The first-order chi connectivity index (χ1) is 12.7. The molecule has 5 nitrogen and oxygen atoms in total. The summed E-state index contributed by atoms with van der Waals surface area (Å²) in [5.74, 6) is 0. The van der Waals surface area contributed by atoms with E-state index in [4.69, 9.17) is 9.97 Å². The van der Waals surface area contributed by atoms with Crippen molar-refractivity contribution in [1.29, 1.82) is 0 Å². The van der Waals surface area contributed by atoms with Crippen LogP contribution in [0.3, 0.4) is 0 Å². The molecule has 26 heavy (non-hydrogen) atoms. The molecule has 1 aromatic carbocycles. The molecule has 0 unspecified atom stereocenters. The Morgan fingerprint density at radius 2 is 2.15 bits per heavy atom. The third-order valence-corrected chi connectivity index (χ3v) is 7.03. The van der Waals surface area contributed by atoms with Crippen LogP contribution in [0.2, 0.25) is 0 Å². The summed E-state index contributed by atoms with van der Waals surface area (Å²) in [5, 5.41) is 3.15. The van der Waals surface area contributed by atoms with E-state index in [1.165, 1.54) is 21.0 Å². The fourth-order valence-electron chi connectivity index (χ4n) is 3.72. The average molecular weight is 383 g/mol. The lowest BCUT2D eigenvalue weighted by Gasteiger charge is -2.22. The van der Waals surface area contributed by atoms with Crippen LogP contribution in [-0.4, -0.2) is 25.8 Å². The molecule has 4 heterocycles. The molecule has 5 rings (SSSR count). The third-order valence-electron chi connectivity index (χ3n) is 4.95. The Labute approximate surface area is 158 Å². The fraction of sp³-hybridized carbons (Fsp3) is 0.316. The normalized spacial score (nSPS) is 18.3. The Hall–Kier alpha value is -2.09. The predicted octanol–water partition coefficient (Wildman–Crippen LogP) is 4.01. The van der Waals surface area contributed by atoms with Gasteiger partial charge in [-0.2, -0.15) is 0 Å². The third kappa shape index (κ3) is 2.67. The lowest BCUT2D eigenvalue weighted by atomic mass is 10.2. The predicted molar refractivity (Wildman–Crippen MR) is 106 cm³/mol. The van der Waals surface area contributed by atoms with E-state index in [2.05, 4.69) is 23.1 Å². The van der Waals surface area contributed by atoms with Gasteiger partial charge in [0.15, 0.2) is 4.96 Å². The van der Waals surface area contributed by atoms with Crippen LogP contribution in [0.1, 0.15) is 35.3 Å². The minimum absolute atomic E-state index is 0.0134. The number of thiazole rings is 2. The highest BCUT2D eigenvalue weighted by atomic mass is 32.1. The molecule has 7 heteroatoms. The minimum atomic E-state index is 0.0134. The number of rotatable bonds is 3. The van der Waals surface area contributed by atoms with Crippen LogP contribution in [0.4, 0.5) is 0 Å². The lowest BCUT2D eigenvalue weighted by Crippen LogP contribution is -2.25. The summed E-state index contributed by atoms with van der Waals surface area (Å²) in [6, 6.07) is 10.3. The van der Waals surface area contributed by atoms with Gasteiger partial charge in [0.25, 0.3) is 5.56 Å². The smallest absolute Gasteiger partial charge is 0.259 e. The van der Waals surface area contributed by atoms with Crippen molar-refractivity contribution in [3.8, 4) is 0 Å². The molecule has 1 aliphatic rings. The summed E-state index contributed by atoms with van der Waals surface area (Å²) in [6.07, 6.45) is 2.26. The van der Waals surface area contributed by atoms with Crippen LogP contribution in [0.15, 0.2) is 40.5 Å². The Kier molecular flexibility index (Phi) is 3.88. The summed E-state index contributed by atoms with van der Waals surface area (Å²) >= 11 is 3.30. The number of aryl methyl sites for hydroxylation is 1. The van der Waals surface area contributed by atoms with Crippen molar-refractivity contribution < 1.29 is 0 Å². The van der Waals surface area contributed by atoms with Crippen LogP contribution < -0.4 is 5.56 Å². The second-order valence-corrected chi connectivity index (χ2v) is 8.63. The molecule has 1 saturated heterocycles. The highest BCUT2D eigenvalue weighted by Gasteiger charge is 2.29. The maximum Gasteiger partial charge on any atom is 0.259 e. The average Bonchev–Trinajstić information content (AvgIpc) is 3.33. The molecule has 0 spiro atoms. The van der Waals surface area contributed by atoms with Crippen LogP contribution in [0.5, 0.6) is 0 Å². The van der Waals surface area contributed by atoms with E-state index in [-0.39, 0.29) is 5.56 Å². The summed E-state index contributed by atoms with van der Waals surface area (Å²) in [7, 11) is 0.